The molecule has 2 aliphatic carbocycles. The van der Waals surface area contributed by atoms with Gasteiger partial charge in [0.25, 0.3) is 0 Å². The number of rotatable bonds is 1. The number of aryl methyl sites for hydroxylation is 1. The predicted octanol–water partition coefficient (Wildman–Crippen LogP) is 4.26. The minimum atomic E-state index is 0.566. The van der Waals surface area contributed by atoms with E-state index >= 15 is 0 Å². The Bertz CT molecular complexity index is 609. The molecule has 1 nitrogen and oxygen atoms in total. The van der Waals surface area contributed by atoms with E-state index in [1.807, 2.05) is 0 Å². The maximum atomic E-state index is 2.45. The molecule has 2 fully saturated rings. The quantitative estimate of drug-likeness (QED) is 0.701. The van der Waals surface area contributed by atoms with Gasteiger partial charge in [-0.15, -0.1) is 0 Å². The molecule has 2 aromatic rings. The van der Waals surface area contributed by atoms with Gasteiger partial charge in [0.2, 0.25) is 0 Å². The van der Waals surface area contributed by atoms with E-state index in [9.17, 15) is 0 Å². The van der Waals surface area contributed by atoms with Crippen LogP contribution in [-0.2, 0) is 12.5 Å². The molecule has 0 spiro atoms. The van der Waals surface area contributed by atoms with Crippen molar-refractivity contribution in [1.82, 2.24) is 4.57 Å². The Hall–Kier alpha value is -1.24. The lowest BCUT2D eigenvalue weighted by molar-refractivity contribution is 0.337. The van der Waals surface area contributed by atoms with Crippen LogP contribution in [0.2, 0.25) is 0 Å². The third-order valence-corrected chi connectivity index (χ3v) is 5.46. The summed E-state index contributed by atoms with van der Waals surface area (Å²) in [6.07, 6.45) is 7.89. The van der Waals surface area contributed by atoms with Crippen LogP contribution in [-0.4, -0.2) is 4.57 Å². The van der Waals surface area contributed by atoms with Gasteiger partial charge in [0.15, 0.2) is 0 Å². The first-order valence-electron chi connectivity index (χ1n) is 7.25. The standard InChI is InChI=1S/C17H21N/c1-12-5-7-17(11-15(17)9-12)14-3-4-16-13(10-14)6-8-18(16)2/h3-4,6,8,10,12,15H,5,7,9,11H2,1-2H3. The van der Waals surface area contributed by atoms with E-state index in [1.54, 1.807) is 5.56 Å². The van der Waals surface area contributed by atoms with Gasteiger partial charge in [0, 0.05) is 18.8 Å². The summed E-state index contributed by atoms with van der Waals surface area (Å²) in [6.45, 7) is 2.42. The molecule has 0 radical (unpaired) electrons. The zero-order valence-corrected chi connectivity index (χ0v) is 11.3. The Balaban J connectivity index is 1.75. The first kappa shape index (κ1) is 10.7. The number of fused-ring (bicyclic) bond motifs is 2. The molecule has 1 aromatic carbocycles. The van der Waals surface area contributed by atoms with Gasteiger partial charge in [0.1, 0.15) is 0 Å². The number of hydrogen-bond acceptors (Lipinski definition) is 0. The molecule has 4 rings (SSSR count). The first-order valence-corrected chi connectivity index (χ1v) is 7.25. The molecular weight excluding hydrogens is 218 g/mol. The first-order chi connectivity index (χ1) is 8.69. The Kier molecular flexibility index (Phi) is 2.02. The third kappa shape index (κ3) is 1.33. The van der Waals surface area contributed by atoms with Crippen molar-refractivity contribution in [2.24, 2.45) is 18.9 Å². The second-order valence-corrected chi connectivity index (χ2v) is 6.64. The molecule has 3 atom stereocenters. The van der Waals surface area contributed by atoms with Gasteiger partial charge in [-0.2, -0.15) is 0 Å². The molecular formula is C17H21N. The van der Waals surface area contributed by atoms with Crippen molar-refractivity contribution in [2.45, 2.75) is 38.0 Å². The maximum absolute atomic E-state index is 2.45. The molecule has 3 unspecified atom stereocenters. The molecule has 2 saturated carbocycles. The minimum Gasteiger partial charge on any atom is -0.351 e. The van der Waals surface area contributed by atoms with Gasteiger partial charge in [-0.1, -0.05) is 13.0 Å². The molecule has 94 valence electrons. The van der Waals surface area contributed by atoms with Gasteiger partial charge in [-0.05, 0) is 72.1 Å². The summed E-state index contributed by atoms with van der Waals surface area (Å²) in [5, 5.41) is 1.41. The lowest BCUT2D eigenvalue weighted by Gasteiger charge is -2.26. The second kappa shape index (κ2) is 3.40. The molecule has 2 aliphatic rings. The summed E-state index contributed by atoms with van der Waals surface area (Å²) < 4.78 is 2.21. The number of benzene rings is 1. The second-order valence-electron chi connectivity index (χ2n) is 6.64. The number of nitrogens with zero attached hydrogens (tertiary/aromatic N) is 1. The fourth-order valence-corrected chi connectivity index (χ4v) is 4.19. The highest BCUT2D eigenvalue weighted by Gasteiger charge is 2.56. The summed E-state index contributed by atoms with van der Waals surface area (Å²) in [5.41, 5.74) is 3.53. The summed E-state index contributed by atoms with van der Waals surface area (Å²) in [7, 11) is 2.13. The van der Waals surface area contributed by atoms with Gasteiger partial charge in [-0.3, -0.25) is 0 Å². The summed E-state index contributed by atoms with van der Waals surface area (Å²) in [4.78, 5) is 0. The molecule has 0 amide bonds. The maximum Gasteiger partial charge on any atom is 0.0477 e. The van der Waals surface area contributed by atoms with E-state index in [4.69, 9.17) is 0 Å². The van der Waals surface area contributed by atoms with E-state index in [0.717, 1.165) is 11.8 Å². The largest absolute Gasteiger partial charge is 0.351 e. The van der Waals surface area contributed by atoms with Crippen molar-refractivity contribution < 1.29 is 0 Å². The zero-order chi connectivity index (χ0) is 12.3. The zero-order valence-electron chi connectivity index (χ0n) is 11.3. The van der Waals surface area contributed by atoms with Crippen molar-refractivity contribution in [1.29, 1.82) is 0 Å². The number of aromatic nitrogens is 1. The van der Waals surface area contributed by atoms with E-state index in [2.05, 4.69) is 49.0 Å². The van der Waals surface area contributed by atoms with Crippen LogP contribution in [0.15, 0.2) is 30.5 Å². The van der Waals surface area contributed by atoms with E-state index in [1.165, 1.54) is 36.6 Å². The summed E-state index contributed by atoms with van der Waals surface area (Å²) >= 11 is 0. The Morgan fingerprint density at radius 3 is 3.00 bits per heavy atom. The molecule has 18 heavy (non-hydrogen) atoms. The minimum absolute atomic E-state index is 0.566. The van der Waals surface area contributed by atoms with Crippen LogP contribution in [0.4, 0.5) is 0 Å². The van der Waals surface area contributed by atoms with Crippen molar-refractivity contribution in [3.63, 3.8) is 0 Å². The molecule has 0 bridgehead atoms. The van der Waals surface area contributed by atoms with Crippen LogP contribution < -0.4 is 0 Å². The molecule has 1 heterocycles. The third-order valence-electron chi connectivity index (χ3n) is 5.46. The number of hydrogen-bond donors (Lipinski definition) is 0. The highest BCUT2D eigenvalue weighted by molar-refractivity contribution is 5.81. The SMILES string of the molecule is CC1CCC2(c3ccc4c(ccn4C)c3)CC2C1. The Labute approximate surface area is 109 Å². The van der Waals surface area contributed by atoms with Gasteiger partial charge < -0.3 is 4.57 Å². The average Bonchev–Trinajstić information content (AvgIpc) is 2.99. The molecule has 1 aromatic heterocycles. The topological polar surface area (TPSA) is 4.93 Å². The highest BCUT2D eigenvalue weighted by Crippen LogP contribution is 2.63. The van der Waals surface area contributed by atoms with E-state index < -0.39 is 0 Å². The van der Waals surface area contributed by atoms with Crippen LogP contribution in [0, 0.1) is 11.8 Å². The van der Waals surface area contributed by atoms with Crippen LogP contribution in [0.25, 0.3) is 10.9 Å². The highest BCUT2D eigenvalue weighted by atomic mass is 14.9. The lowest BCUT2D eigenvalue weighted by Crippen LogP contribution is -2.18. The predicted molar refractivity (Wildman–Crippen MR) is 75.7 cm³/mol. The van der Waals surface area contributed by atoms with Gasteiger partial charge in [0.05, 0.1) is 0 Å². The van der Waals surface area contributed by atoms with Crippen LogP contribution in [0.5, 0.6) is 0 Å². The summed E-state index contributed by atoms with van der Waals surface area (Å²) in [6, 6.07) is 9.40. The Morgan fingerprint density at radius 2 is 2.17 bits per heavy atom. The summed E-state index contributed by atoms with van der Waals surface area (Å²) in [5.74, 6) is 1.92. The fourth-order valence-electron chi connectivity index (χ4n) is 4.19. The van der Waals surface area contributed by atoms with Crippen molar-refractivity contribution in [2.75, 3.05) is 0 Å². The molecule has 0 N–H and O–H groups in total. The van der Waals surface area contributed by atoms with Crippen LogP contribution >= 0.6 is 0 Å². The normalized spacial score (nSPS) is 34.6. The fraction of sp³-hybridized carbons (Fsp3) is 0.529. The molecule has 0 aliphatic heterocycles. The molecule has 0 saturated heterocycles. The van der Waals surface area contributed by atoms with Crippen LogP contribution in [0.3, 0.4) is 0 Å². The smallest absolute Gasteiger partial charge is 0.0477 e. The van der Waals surface area contributed by atoms with Crippen LogP contribution in [0.1, 0.15) is 38.2 Å². The molecule has 1 heteroatoms. The average molecular weight is 239 g/mol. The van der Waals surface area contributed by atoms with Crippen molar-refractivity contribution in [3.05, 3.63) is 36.0 Å². The van der Waals surface area contributed by atoms with Crippen molar-refractivity contribution in [3.8, 4) is 0 Å². The van der Waals surface area contributed by atoms with E-state index in [-0.39, 0.29) is 0 Å². The van der Waals surface area contributed by atoms with Crippen molar-refractivity contribution >= 4 is 10.9 Å². The van der Waals surface area contributed by atoms with Gasteiger partial charge >= 0.3 is 0 Å². The lowest BCUT2D eigenvalue weighted by atomic mass is 9.78. The monoisotopic (exact) mass is 239 g/mol. The van der Waals surface area contributed by atoms with E-state index in [0.29, 0.717) is 5.41 Å². The Morgan fingerprint density at radius 1 is 1.28 bits per heavy atom. The van der Waals surface area contributed by atoms with Gasteiger partial charge in [-0.25, -0.2) is 0 Å².